The van der Waals surface area contributed by atoms with Crippen molar-refractivity contribution in [3.8, 4) is 5.75 Å². The molecule has 5 nitrogen and oxygen atoms in total. The van der Waals surface area contributed by atoms with Gasteiger partial charge in [0.05, 0.1) is 0 Å². The molecule has 0 saturated heterocycles. The van der Waals surface area contributed by atoms with Crippen molar-refractivity contribution in [3.63, 3.8) is 0 Å². The molecule has 5 heteroatoms. The third-order valence-corrected chi connectivity index (χ3v) is 3.00. The molecule has 1 unspecified atom stereocenters. The number of hydrogen-bond donors (Lipinski definition) is 2. The van der Waals surface area contributed by atoms with Crippen molar-refractivity contribution in [3.05, 3.63) is 29.8 Å². The molecule has 1 amide bonds. The summed E-state index contributed by atoms with van der Waals surface area (Å²) in [6.45, 7) is 4.24. The van der Waals surface area contributed by atoms with Crippen LogP contribution in [0.2, 0.25) is 0 Å². The highest BCUT2D eigenvalue weighted by Crippen LogP contribution is 2.12. The standard InChI is InChI=1S/C15H25N3O2/c1-12(10-16)15(19)17-11-13-4-6-14(7-5-13)20-9-8-18(2)3/h4-7,12H,8-11,16H2,1-3H3,(H,17,19). The normalized spacial score (nSPS) is 12.2. The number of likely N-dealkylation sites (N-methyl/N-ethyl adjacent to an activating group) is 1. The van der Waals surface area contributed by atoms with Crippen molar-refractivity contribution in [2.24, 2.45) is 11.7 Å². The predicted molar refractivity (Wildman–Crippen MR) is 80.6 cm³/mol. The Morgan fingerprint density at radius 1 is 1.35 bits per heavy atom. The van der Waals surface area contributed by atoms with E-state index in [0.29, 0.717) is 19.7 Å². The zero-order valence-corrected chi connectivity index (χ0v) is 12.6. The molecule has 0 fully saturated rings. The fourth-order valence-electron chi connectivity index (χ4n) is 1.52. The lowest BCUT2D eigenvalue weighted by molar-refractivity contribution is -0.124. The smallest absolute Gasteiger partial charge is 0.224 e. The second-order valence-corrected chi connectivity index (χ2v) is 5.15. The van der Waals surface area contributed by atoms with Gasteiger partial charge in [-0.05, 0) is 31.8 Å². The number of carbonyl (C=O) groups is 1. The van der Waals surface area contributed by atoms with Gasteiger partial charge in [0.15, 0.2) is 0 Å². The number of nitrogens with zero attached hydrogens (tertiary/aromatic N) is 1. The van der Waals surface area contributed by atoms with E-state index in [1.807, 2.05) is 45.3 Å². The number of nitrogens with two attached hydrogens (primary N) is 1. The van der Waals surface area contributed by atoms with Crippen molar-refractivity contribution < 1.29 is 9.53 Å². The van der Waals surface area contributed by atoms with Crippen LogP contribution >= 0.6 is 0 Å². The first-order valence-corrected chi connectivity index (χ1v) is 6.87. The summed E-state index contributed by atoms with van der Waals surface area (Å²) in [7, 11) is 4.02. The zero-order chi connectivity index (χ0) is 15.0. The quantitative estimate of drug-likeness (QED) is 0.740. The van der Waals surface area contributed by atoms with E-state index in [4.69, 9.17) is 10.5 Å². The van der Waals surface area contributed by atoms with Crippen LogP contribution < -0.4 is 15.8 Å². The lowest BCUT2D eigenvalue weighted by Crippen LogP contribution is -2.32. The molecule has 1 aromatic rings. The van der Waals surface area contributed by atoms with Crippen molar-refractivity contribution >= 4 is 5.91 Å². The van der Waals surface area contributed by atoms with E-state index in [2.05, 4.69) is 10.2 Å². The predicted octanol–water partition coefficient (Wildman–Crippen LogP) is 0.838. The lowest BCUT2D eigenvalue weighted by atomic mass is 10.1. The van der Waals surface area contributed by atoms with Gasteiger partial charge in [0.25, 0.3) is 0 Å². The van der Waals surface area contributed by atoms with Crippen LogP contribution in [0.25, 0.3) is 0 Å². The molecule has 0 spiro atoms. The Hall–Kier alpha value is -1.59. The van der Waals surface area contributed by atoms with Gasteiger partial charge in [-0.25, -0.2) is 0 Å². The second kappa shape index (κ2) is 8.55. The zero-order valence-electron chi connectivity index (χ0n) is 12.6. The third kappa shape index (κ3) is 6.04. The largest absolute Gasteiger partial charge is 0.492 e. The van der Waals surface area contributed by atoms with Crippen molar-refractivity contribution in [1.82, 2.24) is 10.2 Å². The average Bonchev–Trinajstić information content (AvgIpc) is 2.44. The van der Waals surface area contributed by atoms with Crippen molar-refractivity contribution in [2.75, 3.05) is 33.8 Å². The van der Waals surface area contributed by atoms with Gasteiger partial charge in [-0.2, -0.15) is 0 Å². The van der Waals surface area contributed by atoms with E-state index in [1.54, 1.807) is 0 Å². The van der Waals surface area contributed by atoms with Crippen LogP contribution in [0, 0.1) is 5.92 Å². The maximum atomic E-state index is 11.6. The van der Waals surface area contributed by atoms with Crippen LogP contribution in [-0.4, -0.2) is 44.6 Å². The molecule has 0 aliphatic carbocycles. The fourth-order valence-corrected chi connectivity index (χ4v) is 1.52. The van der Waals surface area contributed by atoms with Gasteiger partial charge in [-0.3, -0.25) is 4.79 Å². The van der Waals surface area contributed by atoms with Crippen LogP contribution in [0.5, 0.6) is 5.75 Å². The number of nitrogens with one attached hydrogen (secondary N) is 1. The Bertz CT molecular complexity index is 404. The molecule has 1 rings (SSSR count). The molecule has 1 aromatic carbocycles. The average molecular weight is 279 g/mol. The number of ether oxygens (including phenoxy) is 1. The fraction of sp³-hybridized carbons (Fsp3) is 0.533. The van der Waals surface area contributed by atoms with Gasteiger partial charge < -0.3 is 20.7 Å². The number of rotatable bonds is 8. The lowest BCUT2D eigenvalue weighted by Gasteiger charge is -2.12. The summed E-state index contributed by atoms with van der Waals surface area (Å²) >= 11 is 0. The first kappa shape index (κ1) is 16.5. The van der Waals surface area contributed by atoms with E-state index in [1.165, 1.54) is 0 Å². The molecular formula is C15H25N3O2. The highest BCUT2D eigenvalue weighted by molar-refractivity contribution is 5.78. The first-order valence-electron chi connectivity index (χ1n) is 6.87. The minimum absolute atomic E-state index is 0.0150. The SMILES string of the molecule is CC(CN)C(=O)NCc1ccc(OCCN(C)C)cc1. The van der Waals surface area contributed by atoms with E-state index in [-0.39, 0.29) is 11.8 Å². The van der Waals surface area contributed by atoms with Crippen LogP contribution in [0.3, 0.4) is 0 Å². The Kier molecular flexibility index (Phi) is 7.04. The molecule has 0 heterocycles. The minimum atomic E-state index is -0.149. The summed E-state index contributed by atoms with van der Waals surface area (Å²) in [6, 6.07) is 7.75. The second-order valence-electron chi connectivity index (χ2n) is 5.15. The van der Waals surface area contributed by atoms with Gasteiger partial charge >= 0.3 is 0 Å². The van der Waals surface area contributed by atoms with Gasteiger partial charge in [-0.1, -0.05) is 19.1 Å². The summed E-state index contributed by atoms with van der Waals surface area (Å²) in [5, 5.41) is 2.86. The Morgan fingerprint density at radius 3 is 2.55 bits per heavy atom. The summed E-state index contributed by atoms with van der Waals surface area (Å²) in [5.74, 6) is 0.680. The van der Waals surface area contributed by atoms with Crippen LogP contribution in [0.15, 0.2) is 24.3 Å². The van der Waals surface area contributed by atoms with Gasteiger partial charge in [0, 0.05) is 25.6 Å². The molecule has 112 valence electrons. The maximum Gasteiger partial charge on any atom is 0.224 e. The molecule has 0 aromatic heterocycles. The highest BCUT2D eigenvalue weighted by atomic mass is 16.5. The van der Waals surface area contributed by atoms with Crippen molar-refractivity contribution in [1.29, 1.82) is 0 Å². The number of benzene rings is 1. The molecule has 0 radical (unpaired) electrons. The van der Waals surface area contributed by atoms with E-state index in [9.17, 15) is 4.79 Å². The van der Waals surface area contributed by atoms with E-state index in [0.717, 1.165) is 17.9 Å². The molecule has 3 N–H and O–H groups in total. The first-order chi connectivity index (χ1) is 9.52. The minimum Gasteiger partial charge on any atom is -0.492 e. The van der Waals surface area contributed by atoms with Gasteiger partial charge in [0.2, 0.25) is 5.91 Å². The summed E-state index contributed by atoms with van der Waals surface area (Å²) in [4.78, 5) is 13.7. The molecule has 0 aliphatic rings. The monoisotopic (exact) mass is 279 g/mol. The Balaban J connectivity index is 2.37. The molecule has 20 heavy (non-hydrogen) atoms. The number of hydrogen-bond acceptors (Lipinski definition) is 4. The van der Waals surface area contributed by atoms with Crippen LogP contribution in [0.1, 0.15) is 12.5 Å². The number of carbonyl (C=O) groups excluding carboxylic acids is 1. The number of amides is 1. The molecule has 1 atom stereocenters. The molecule has 0 saturated carbocycles. The molecule has 0 bridgehead atoms. The summed E-state index contributed by atoms with van der Waals surface area (Å²) in [5.41, 5.74) is 6.49. The highest BCUT2D eigenvalue weighted by Gasteiger charge is 2.09. The van der Waals surface area contributed by atoms with Crippen LogP contribution in [-0.2, 0) is 11.3 Å². The van der Waals surface area contributed by atoms with Gasteiger partial charge in [0.1, 0.15) is 12.4 Å². The van der Waals surface area contributed by atoms with Crippen molar-refractivity contribution in [2.45, 2.75) is 13.5 Å². The maximum absolute atomic E-state index is 11.6. The molecular weight excluding hydrogens is 254 g/mol. The topological polar surface area (TPSA) is 67.6 Å². The van der Waals surface area contributed by atoms with E-state index < -0.39 is 0 Å². The Morgan fingerprint density at radius 2 is 2.00 bits per heavy atom. The van der Waals surface area contributed by atoms with Crippen LogP contribution in [0.4, 0.5) is 0 Å². The molecule has 0 aliphatic heterocycles. The third-order valence-electron chi connectivity index (χ3n) is 3.00. The van der Waals surface area contributed by atoms with E-state index >= 15 is 0 Å². The summed E-state index contributed by atoms with van der Waals surface area (Å²) in [6.07, 6.45) is 0. The Labute approximate surface area is 121 Å². The van der Waals surface area contributed by atoms with Gasteiger partial charge in [-0.15, -0.1) is 0 Å². The summed E-state index contributed by atoms with van der Waals surface area (Å²) < 4.78 is 5.61.